The fourth-order valence-corrected chi connectivity index (χ4v) is 3.03. The van der Waals surface area contributed by atoms with Gasteiger partial charge >= 0.3 is 11.9 Å². The zero-order chi connectivity index (χ0) is 19.6. The number of aromatic nitrogens is 1. The number of benzene rings is 2. The predicted molar refractivity (Wildman–Crippen MR) is 105 cm³/mol. The molecule has 140 valence electrons. The van der Waals surface area contributed by atoms with Gasteiger partial charge in [-0.2, -0.15) is 0 Å². The van der Waals surface area contributed by atoms with Crippen molar-refractivity contribution in [3.05, 3.63) is 60.3 Å². The van der Waals surface area contributed by atoms with Crippen molar-refractivity contribution in [1.29, 1.82) is 0 Å². The second-order valence-electron chi connectivity index (χ2n) is 7.35. The van der Waals surface area contributed by atoms with E-state index in [1.165, 1.54) is 7.11 Å². The molecular weight excluding hydrogens is 342 g/mol. The van der Waals surface area contributed by atoms with Crippen LogP contribution in [-0.4, -0.2) is 29.2 Å². The molecule has 3 aromatic rings. The third kappa shape index (κ3) is 4.19. The number of hydrogen-bond acceptors (Lipinski definition) is 4. The van der Waals surface area contributed by atoms with E-state index in [-0.39, 0.29) is 12.5 Å². The lowest BCUT2D eigenvalue weighted by molar-refractivity contribution is -0.155. The van der Waals surface area contributed by atoms with E-state index in [1.807, 2.05) is 67.9 Å². The summed E-state index contributed by atoms with van der Waals surface area (Å²) >= 11 is 0. The van der Waals surface area contributed by atoms with Crippen molar-refractivity contribution in [3.8, 4) is 11.1 Å². The number of fused-ring (bicyclic) bond motifs is 1. The molecule has 0 saturated carbocycles. The zero-order valence-electron chi connectivity index (χ0n) is 16.0. The first kappa shape index (κ1) is 18.7. The van der Waals surface area contributed by atoms with Gasteiger partial charge in [0.2, 0.25) is 0 Å². The van der Waals surface area contributed by atoms with Crippen LogP contribution in [-0.2, 0) is 20.8 Å². The monoisotopic (exact) mass is 365 g/mol. The Morgan fingerprint density at radius 1 is 1.04 bits per heavy atom. The molecule has 1 aromatic heterocycles. The Kier molecular flexibility index (Phi) is 5.04. The molecule has 0 unspecified atom stereocenters. The maximum absolute atomic E-state index is 12.4. The number of nitrogens with zero attached hydrogens (tertiary/aromatic N) is 1. The van der Waals surface area contributed by atoms with Crippen molar-refractivity contribution in [2.24, 2.45) is 0 Å². The highest BCUT2D eigenvalue weighted by Crippen LogP contribution is 2.31. The van der Waals surface area contributed by atoms with Gasteiger partial charge in [0.25, 0.3) is 0 Å². The van der Waals surface area contributed by atoms with Crippen LogP contribution in [0.1, 0.15) is 31.1 Å². The van der Waals surface area contributed by atoms with Gasteiger partial charge in [0.05, 0.1) is 18.2 Å². The van der Waals surface area contributed by atoms with E-state index in [4.69, 9.17) is 9.47 Å². The Morgan fingerprint density at radius 2 is 1.74 bits per heavy atom. The van der Waals surface area contributed by atoms with Gasteiger partial charge in [-0.25, -0.2) is 4.79 Å². The molecule has 1 heterocycles. The fraction of sp³-hybridized carbons (Fsp3) is 0.273. The average molecular weight is 365 g/mol. The summed E-state index contributed by atoms with van der Waals surface area (Å²) in [7, 11) is 1.35. The maximum atomic E-state index is 12.4. The smallest absolute Gasteiger partial charge is 0.337 e. The van der Waals surface area contributed by atoms with Crippen LogP contribution in [0.4, 0.5) is 0 Å². The number of methoxy groups -OCH3 is 1. The first-order valence-electron chi connectivity index (χ1n) is 8.77. The first-order chi connectivity index (χ1) is 12.8. The van der Waals surface area contributed by atoms with E-state index in [0.29, 0.717) is 5.56 Å². The lowest BCUT2D eigenvalue weighted by atomic mass is 10.0. The summed E-state index contributed by atoms with van der Waals surface area (Å²) in [5.74, 6) is -0.745. The lowest BCUT2D eigenvalue weighted by Gasteiger charge is -2.19. The van der Waals surface area contributed by atoms with Crippen LogP contribution in [0.5, 0.6) is 0 Å². The van der Waals surface area contributed by atoms with Gasteiger partial charge in [-0.3, -0.25) is 4.79 Å². The number of esters is 2. The molecule has 3 rings (SSSR count). The van der Waals surface area contributed by atoms with E-state index < -0.39 is 11.6 Å². The van der Waals surface area contributed by atoms with Gasteiger partial charge in [-0.1, -0.05) is 36.4 Å². The summed E-state index contributed by atoms with van der Waals surface area (Å²) in [6.07, 6.45) is 1.92. The van der Waals surface area contributed by atoms with Crippen LogP contribution in [0.25, 0.3) is 22.0 Å². The normalized spacial score (nSPS) is 11.4. The number of hydrogen-bond donors (Lipinski definition) is 0. The van der Waals surface area contributed by atoms with Gasteiger partial charge < -0.3 is 14.0 Å². The largest absolute Gasteiger partial charge is 0.465 e. The quantitative estimate of drug-likeness (QED) is 0.642. The molecule has 0 radical (unpaired) electrons. The topological polar surface area (TPSA) is 57.5 Å². The SMILES string of the molecule is COC(=O)c1ccc2c(-c3ccccc3)cn(CC(=O)OC(C)(C)C)c2c1. The molecule has 2 aromatic carbocycles. The third-order valence-corrected chi connectivity index (χ3v) is 4.11. The molecule has 0 aliphatic rings. The van der Waals surface area contributed by atoms with Crippen molar-refractivity contribution in [1.82, 2.24) is 4.57 Å². The highest BCUT2D eigenvalue weighted by atomic mass is 16.6. The first-order valence-corrected chi connectivity index (χ1v) is 8.77. The van der Waals surface area contributed by atoms with Crippen LogP contribution >= 0.6 is 0 Å². The van der Waals surface area contributed by atoms with Crippen LogP contribution in [0.3, 0.4) is 0 Å². The Morgan fingerprint density at radius 3 is 2.37 bits per heavy atom. The summed E-state index contributed by atoms with van der Waals surface area (Å²) in [6, 6.07) is 15.3. The highest BCUT2D eigenvalue weighted by Gasteiger charge is 2.19. The highest BCUT2D eigenvalue weighted by molar-refractivity contribution is 6.01. The van der Waals surface area contributed by atoms with Crippen LogP contribution in [0, 0.1) is 0 Å². The summed E-state index contributed by atoms with van der Waals surface area (Å²) in [5, 5.41) is 0.956. The van der Waals surface area contributed by atoms with Gasteiger partial charge in [0, 0.05) is 17.1 Å². The van der Waals surface area contributed by atoms with Crippen LogP contribution in [0.15, 0.2) is 54.7 Å². The molecular formula is C22H23NO4. The van der Waals surface area contributed by atoms with Gasteiger partial charge in [0.1, 0.15) is 12.1 Å². The van der Waals surface area contributed by atoms with E-state index in [0.717, 1.165) is 22.0 Å². The van der Waals surface area contributed by atoms with E-state index in [9.17, 15) is 9.59 Å². The molecule has 0 fully saturated rings. The second kappa shape index (κ2) is 7.27. The van der Waals surface area contributed by atoms with Crippen molar-refractivity contribution in [2.75, 3.05) is 7.11 Å². The maximum Gasteiger partial charge on any atom is 0.337 e. The fourth-order valence-electron chi connectivity index (χ4n) is 3.03. The lowest BCUT2D eigenvalue weighted by Crippen LogP contribution is -2.26. The molecule has 0 spiro atoms. The molecule has 5 heteroatoms. The standard InChI is InChI=1S/C22H23NO4/c1-22(2,3)27-20(24)14-23-13-18(15-8-6-5-7-9-15)17-11-10-16(12-19(17)23)21(25)26-4/h5-13H,14H2,1-4H3. The van der Waals surface area contributed by atoms with Crippen molar-refractivity contribution in [2.45, 2.75) is 32.9 Å². The Labute approximate surface area is 158 Å². The summed E-state index contributed by atoms with van der Waals surface area (Å²) in [6.45, 7) is 5.57. The second-order valence-corrected chi connectivity index (χ2v) is 7.35. The molecule has 0 N–H and O–H groups in total. The van der Waals surface area contributed by atoms with E-state index in [2.05, 4.69) is 0 Å². The molecule has 5 nitrogen and oxygen atoms in total. The number of ether oxygens (including phenoxy) is 2. The number of carbonyl (C=O) groups excluding carboxylic acids is 2. The Hall–Kier alpha value is -3.08. The third-order valence-electron chi connectivity index (χ3n) is 4.11. The zero-order valence-corrected chi connectivity index (χ0v) is 16.0. The number of rotatable bonds is 4. The Balaban J connectivity index is 2.10. The molecule has 0 aliphatic heterocycles. The van der Waals surface area contributed by atoms with E-state index in [1.54, 1.807) is 12.1 Å². The van der Waals surface area contributed by atoms with Gasteiger partial charge in [-0.05, 0) is 38.5 Å². The molecule has 0 saturated heterocycles. The Bertz CT molecular complexity index is 981. The average Bonchev–Trinajstić information content (AvgIpc) is 2.98. The van der Waals surface area contributed by atoms with Crippen LogP contribution in [0.2, 0.25) is 0 Å². The van der Waals surface area contributed by atoms with Gasteiger partial charge in [-0.15, -0.1) is 0 Å². The molecule has 0 bridgehead atoms. The predicted octanol–water partition coefficient (Wildman–Crippen LogP) is 4.44. The molecule has 0 atom stereocenters. The molecule has 27 heavy (non-hydrogen) atoms. The molecule has 0 aliphatic carbocycles. The van der Waals surface area contributed by atoms with Crippen LogP contribution < -0.4 is 0 Å². The summed E-state index contributed by atoms with van der Waals surface area (Å²) in [5.41, 5.74) is 2.69. The van der Waals surface area contributed by atoms with Gasteiger partial charge in [0.15, 0.2) is 0 Å². The summed E-state index contributed by atoms with van der Waals surface area (Å²) in [4.78, 5) is 24.3. The van der Waals surface area contributed by atoms with Crippen molar-refractivity contribution in [3.63, 3.8) is 0 Å². The minimum absolute atomic E-state index is 0.0607. The minimum Gasteiger partial charge on any atom is -0.465 e. The molecule has 0 amide bonds. The van der Waals surface area contributed by atoms with Crippen molar-refractivity contribution < 1.29 is 19.1 Å². The van der Waals surface area contributed by atoms with E-state index >= 15 is 0 Å². The van der Waals surface area contributed by atoms with Crippen molar-refractivity contribution >= 4 is 22.8 Å². The minimum atomic E-state index is -0.556. The number of carbonyl (C=O) groups is 2. The summed E-state index contributed by atoms with van der Waals surface area (Å²) < 4.78 is 12.1.